The summed E-state index contributed by atoms with van der Waals surface area (Å²) < 4.78 is 11.2. The van der Waals surface area contributed by atoms with Gasteiger partial charge in [0.25, 0.3) is 0 Å². The zero-order valence-electron chi connectivity index (χ0n) is 41.5. The van der Waals surface area contributed by atoms with Crippen LogP contribution in [0.1, 0.15) is 203 Å². The molecule has 10 nitrogen and oxygen atoms in total. The number of aliphatic hydroxyl groups excluding tert-OH is 2. The largest absolute Gasteiger partial charge is 0.512 e. The molecule has 8 bridgehead atoms. The number of ether oxygens (including phenoxy) is 2. The van der Waals surface area contributed by atoms with Crippen molar-refractivity contribution in [3.63, 3.8) is 0 Å². The molecule has 0 spiro atoms. The van der Waals surface area contributed by atoms with E-state index in [0.717, 1.165) is 80.9 Å². The molecule has 7 atom stereocenters. The van der Waals surface area contributed by atoms with Crippen LogP contribution in [0.5, 0.6) is 0 Å². The maximum Gasteiger partial charge on any atom is 0.321 e. The first-order valence-electron chi connectivity index (χ1n) is 24.7. The highest BCUT2D eigenvalue weighted by Gasteiger charge is 2.41. The first-order valence-corrected chi connectivity index (χ1v) is 24.7. The fourth-order valence-electron chi connectivity index (χ4n) is 10.7. The fourth-order valence-corrected chi connectivity index (χ4v) is 10.7. The van der Waals surface area contributed by atoms with Gasteiger partial charge in [0.15, 0.2) is 0 Å². The highest BCUT2D eigenvalue weighted by molar-refractivity contribution is 5.96. The Morgan fingerprint density at radius 3 is 2.02 bits per heavy atom. The van der Waals surface area contributed by atoms with Gasteiger partial charge in [-0.2, -0.15) is 0 Å². The number of esters is 2. The highest BCUT2D eigenvalue weighted by atomic mass is 16.5. The van der Waals surface area contributed by atoms with Gasteiger partial charge in [-0.25, -0.2) is 0 Å². The van der Waals surface area contributed by atoms with E-state index in [1.165, 1.54) is 58.5 Å². The summed E-state index contributed by atoms with van der Waals surface area (Å²) in [6, 6.07) is 6.02. The minimum Gasteiger partial charge on any atom is -0.512 e. The Kier molecular flexibility index (Phi) is 16.5. The molecular formula is C55H78N4O6. The van der Waals surface area contributed by atoms with Crippen LogP contribution < -0.4 is 10.4 Å². The molecule has 2 aliphatic heterocycles. The number of carbonyl (C=O) groups excluding carboxylic acids is 2. The Bertz CT molecular complexity index is 2540. The number of hydrogen-bond donors (Lipinski definition) is 4. The van der Waals surface area contributed by atoms with Gasteiger partial charge < -0.3 is 29.7 Å². The second-order valence-electron chi connectivity index (χ2n) is 20.4. The number of hydrogen-bond acceptors (Lipinski definition) is 8. The van der Waals surface area contributed by atoms with Gasteiger partial charge in [-0.1, -0.05) is 112 Å². The molecule has 6 rings (SSSR count). The molecule has 3 aromatic heterocycles. The number of carbonyl (C=O) groups is 2. The van der Waals surface area contributed by atoms with E-state index in [-0.39, 0.29) is 41.7 Å². The molecular weight excluding hydrogens is 813 g/mol. The van der Waals surface area contributed by atoms with E-state index in [0.29, 0.717) is 46.2 Å². The number of aryl methyl sites for hydroxylation is 2. The smallest absolute Gasteiger partial charge is 0.321 e. The summed E-state index contributed by atoms with van der Waals surface area (Å²) in [6.45, 7) is 23.9. The van der Waals surface area contributed by atoms with Crippen LogP contribution in [0, 0.1) is 37.5 Å². The third-order valence-corrected chi connectivity index (χ3v) is 14.9. The molecule has 0 amide bonds. The Labute approximate surface area is 387 Å². The van der Waals surface area contributed by atoms with Crippen molar-refractivity contribution in [1.29, 1.82) is 0 Å². The third-order valence-electron chi connectivity index (χ3n) is 14.9. The maximum absolute atomic E-state index is 13.7. The van der Waals surface area contributed by atoms with Gasteiger partial charge in [0.05, 0.1) is 47.6 Å². The second kappa shape index (κ2) is 21.6. The quantitative estimate of drug-likeness (QED) is 0.0869. The molecule has 5 heterocycles. The van der Waals surface area contributed by atoms with E-state index in [1.807, 2.05) is 39.0 Å². The normalized spacial score (nSPS) is 20.6. The van der Waals surface area contributed by atoms with Crippen LogP contribution in [0.3, 0.4) is 0 Å². The lowest BCUT2D eigenvalue weighted by Gasteiger charge is -2.19. The van der Waals surface area contributed by atoms with Crippen molar-refractivity contribution >= 4 is 51.1 Å². The first kappa shape index (κ1) is 49.6. The van der Waals surface area contributed by atoms with Crippen molar-refractivity contribution in [2.45, 2.75) is 177 Å². The van der Waals surface area contributed by atoms with Crippen LogP contribution in [0.2, 0.25) is 0 Å². The topological polar surface area (TPSA) is 150 Å². The summed E-state index contributed by atoms with van der Waals surface area (Å²) in [5.74, 6) is 0.549. The molecule has 0 fully saturated rings. The number of nitrogens with one attached hydrogen (secondary N) is 2. The SMILES string of the molecule is C/C=C1/c2cc3[nH]c4c(c5nc(cc6[nH]c(cc(n2)[C@@H]1C)/c(=C(\C)O)c6C)[C@@H](C)[C@@H]5CCC(=O)OCCC(C)CCC[C@H](C)CCC[C@@H](C)CCCC(C)C)[C@@H](C(=O)OC)C(O)=c4c3C. The van der Waals surface area contributed by atoms with Crippen molar-refractivity contribution in [2.24, 2.45) is 23.7 Å². The van der Waals surface area contributed by atoms with E-state index in [2.05, 4.69) is 64.5 Å². The van der Waals surface area contributed by atoms with Crippen molar-refractivity contribution in [3.8, 4) is 0 Å². The molecule has 0 saturated carbocycles. The van der Waals surface area contributed by atoms with Gasteiger partial charge in [0.2, 0.25) is 0 Å². The Hall–Kier alpha value is -4.86. The number of aromatic nitrogens is 4. The molecule has 10 heteroatoms. The van der Waals surface area contributed by atoms with Crippen molar-refractivity contribution < 1.29 is 29.3 Å². The standard InChI is InChI=1S/C55H78N4O6/c1-13-39-34(7)41-29-46-48(38(11)60)36(9)43(57-46)27-42-35(8)40(52(58-42)50-51(55(63)64-12)54(62)49-37(10)44(59-53(49)50)28-45(39)56-41)23-24-47(61)65-26-25-33(6)22-16-21-32(5)20-15-19-31(4)18-14-17-30(2)3/h13,27-35,40,51,57,59-60,62H,14-26H2,1-12H3/b39-13+,42-27?,45-28?,46-29?,48-38+/t31-,32+,33?,34+,35-,40-,51+/m0/s1. The van der Waals surface area contributed by atoms with Gasteiger partial charge in [-0.15, -0.1) is 0 Å². The van der Waals surface area contributed by atoms with E-state index in [9.17, 15) is 19.8 Å². The van der Waals surface area contributed by atoms with Crippen LogP contribution in [0.15, 0.2) is 24.3 Å². The van der Waals surface area contributed by atoms with Gasteiger partial charge in [-0.3, -0.25) is 19.6 Å². The second-order valence-corrected chi connectivity index (χ2v) is 20.4. The van der Waals surface area contributed by atoms with Crippen LogP contribution in [0.4, 0.5) is 0 Å². The molecule has 0 radical (unpaired) electrons. The van der Waals surface area contributed by atoms with Crippen LogP contribution >= 0.6 is 0 Å². The molecule has 4 N–H and O–H groups in total. The molecule has 3 aliphatic rings. The van der Waals surface area contributed by atoms with Gasteiger partial charge >= 0.3 is 11.9 Å². The summed E-state index contributed by atoms with van der Waals surface area (Å²) in [5, 5.41) is 24.2. The zero-order chi connectivity index (χ0) is 47.3. The summed E-state index contributed by atoms with van der Waals surface area (Å²) in [7, 11) is 1.33. The third kappa shape index (κ3) is 11.1. The molecule has 0 aromatic carbocycles. The van der Waals surface area contributed by atoms with Crippen LogP contribution in [-0.2, 0) is 19.1 Å². The monoisotopic (exact) mass is 891 g/mol. The number of nitrogens with zero attached hydrogens (tertiary/aromatic N) is 2. The van der Waals surface area contributed by atoms with Crippen molar-refractivity contribution in [1.82, 2.24) is 19.9 Å². The number of fused-ring (bicyclic) bond motifs is 8. The van der Waals surface area contributed by atoms with Crippen molar-refractivity contribution in [2.75, 3.05) is 13.7 Å². The number of aliphatic hydroxyl groups is 2. The highest BCUT2D eigenvalue weighted by Crippen LogP contribution is 2.46. The van der Waals surface area contributed by atoms with E-state index in [4.69, 9.17) is 19.4 Å². The summed E-state index contributed by atoms with van der Waals surface area (Å²) in [6.07, 6.45) is 15.1. The first-order chi connectivity index (χ1) is 30.9. The number of H-pyrrole nitrogens is 2. The molecule has 0 saturated heterocycles. The lowest BCUT2D eigenvalue weighted by molar-refractivity contribution is -0.144. The average molecular weight is 891 g/mol. The summed E-state index contributed by atoms with van der Waals surface area (Å²) in [4.78, 5) is 44.7. The Morgan fingerprint density at radius 2 is 1.42 bits per heavy atom. The molecule has 1 unspecified atom stereocenters. The Morgan fingerprint density at radius 1 is 0.815 bits per heavy atom. The molecule has 65 heavy (non-hydrogen) atoms. The fraction of sp³-hybridized carbons (Fsp3) is 0.600. The van der Waals surface area contributed by atoms with Gasteiger partial charge in [-0.05, 0) is 99.1 Å². The number of allylic oxidation sites excluding steroid dienone is 2. The number of aromatic amines is 2. The van der Waals surface area contributed by atoms with Crippen LogP contribution in [0.25, 0.3) is 39.2 Å². The zero-order valence-corrected chi connectivity index (χ0v) is 41.5. The Balaban J connectivity index is 1.23. The number of rotatable bonds is 19. The lowest BCUT2D eigenvalue weighted by atomic mass is 9.84. The molecule has 3 aromatic rings. The molecule has 354 valence electrons. The van der Waals surface area contributed by atoms with Gasteiger partial charge in [0, 0.05) is 56.9 Å². The minimum atomic E-state index is -1.09. The van der Waals surface area contributed by atoms with Gasteiger partial charge in [0.1, 0.15) is 11.7 Å². The van der Waals surface area contributed by atoms with Crippen LogP contribution in [-0.4, -0.2) is 55.8 Å². The lowest BCUT2D eigenvalue weighted by Crippen LogP contribution is -2.18. The summed E-state index contributed by atoms with van der Waals surface area (Å²) in [5.41, 5.74) is 9.22. The number of methoxy groups -OCH3 is 1. The minimum absolute atomic E-state index is 0.0127. The van der Waals surface area contributed by atoms with E-state index in [1.54, 1.807) is 6.92 Å². The predicted octanol–water partition coefficient (Wildman–Crippen LogP) is 12.4. The maximum atomic E-state index is 13.7. The van der Waals surface area contributed by atoms with Crippen molar-refractivity contribution in [3.05, 3.63) is 74.2 Å². The van der Waals surface area contributed by atoms with E-state index >= 15 is 0 Å². The predicted molar refractivity (Wildman–Crippen MR) is 264 cm³/mol. The van der Waals surface area contributed by atoms with E-state index < -0.39 is 11.9 Å². The molecule has 1 aliphatic carbocycles. The average Bonchev–Trinajstić information content (AvgIpc) is 4.00. The summed E-state index contributed by atoms with van der Waals surface area (Å²) >= 11 is 0.